The molecular formula is C16H24N6O. The predicted octanol–water partition coefficient (Wildman–Crippen LogP) is 1.41. The van der Waals surface area contributed by atoms with Crippen molar-refractivity contribution in [1.29, 1.82) is 0 Å². The second kappa shape index (κ2) is 7.41. The number of methoxy groups -OCH3 is 1. The van der Waals surface area contributed by atoms with Crippen molar-refractivity contribution in [3.63, 3.8) is 0 Å². The van der Waals surface area contributed by atoms with E-state index in [-0.39, 0.29) is 0 Å². The molecule has 0 N–H and O–H groups in total. The number of aryl methyl sites for hydroxylation is 1. The molecule has 7 nitrogen and oxygen atoms in total. The van der Waals surface area contributed by atoms with Crippen LogP contribution in [0, 0.1) is 0 Å². The molecule has 0 spiro atoms. The molecule has 3 rings (SSSR count). The van der Waals surface area contributed by atoms with Crippen LogP contribution in [-0.2, 0) is 13.1 Å². The maximum Gasteiger partial charge on any atom is 0.141 e. The molecule has 1 fully saturated rings. The Kier molecular flexibility index (Phi) is 5.07. The minimum atomic E-state index is 0.803. The van der Waals surface area contributed by atoms with Crippen LogP contribution in [0.4, 0.5) is 5.69 Å². The molecule has 7 heteroatoms. The zero-order valence-corrected chi connectivity index (χ0v) is 13.9. The molecule has 124 valence electrons. The number of rotatable bonds is 6. The van der Waals surface area contributed by atoms with Gasteiger partial charge in [-0.25, -0.2) is 9.67 Å². The molecular weight excluding hydrogens is 292 g/mol. The van der Waals surface area contributed by atoms with Crippen molar-refractivity contribution in [3.8, 4) is 5.75 Å². The first-order chi connectivity index (χ1) is 11.3. The summed E-state index contributed by atoms with van der Waals surface area (Å²) in [7, 11) is 1.67. The molecule has 1 saturated heterocycles. The van der Waals surface area contributed by atoms with Gasteiger partial charge < -0.3 is 9.64 Å². The maximum absolute atomic E-state index is 5.26. The topological polar surface area (TPSA) is 59.3 Å². The van der Waals surface area contributed by atoms with Crippen molar-refractivity contribution in [1.82, 2.24) is 24.6 Å². The Morgan fingerprint density at radius 3 is 2.74 bits per heavy atom. The number of hydrogen-bond acceptors (Lipinski definition) is 6. The van der Waals surface area contributed by atoms with Gasteiger partial charge in [0.05, 0.1) is 31.7 Å². The van der Waals surface area contributed by atoms with E-state index >= 15 is 0 Å². The lowest BCUT2D eigenvalue weighted by atomic mass is 10.2. The summed E-state index contributed by atoms with van der Waals surface area (Å²) in [5.41, 5.74) is 1.12. The van der Waals surface area contributed by atoms with Gasteiger partial charge in [-0.05, 0) is 6.42 Å². The van der Waals surface area contributed by atoms with Crippen molar-refractivity contribution in [2.45, 2.75) is 26.4 Å². The summed E-state index contributed by atoms with van der Waals surface area (Å²) in [4.78, 5) is 13.4. The first kappa shape index (κ1) is 15.7. The molecule has 0 aliphatic carbocycles. The first-order valence-corrected chi connectivity index (χ1v) is 8.13. The minimum absolute atomic E-state index is 0.803. The fourth-order valence-electron chi connectivity index (χ4n) is 2.87. The SMILES string of the molecule is CCCn1ncnc1CN1CCN(c2cncc(OC)c2)CC1. The third kappa shape index (κ3) is 3.79. The van der Waals surface area contributed by atoms with Gasteiger partial charge in [-0.15, -0.1) is 0 Å². The molecule has 0 radical (unpaired) electrons. The molecule has 1 aliphatic rings. The number of piperazine rings is 1. The normalized spacial score (nSPS) is 15.8. The lowest BCUT2D eigenvalue weighted by Gasteiger charge is -2.35. The first-order valence-electron chi connectivity index (χ1n) is 8.13. The monoisotopic (exact) mass is 316 g/mol. The zero-order chi connectivity index (χ0) is 16.1. The Labute approximate surface area is 136 Å². The van der Waals surface area contributed by atoms with Gasteiger partial charge in [-0.2, -0.15) is 5.10 Å². The molecule has 0 aromatic carbocycles. The maximum atomic E-state index is 5.26. The van der Waals surface area contributed by atoms with Gasteiger partial charge in [0, 0.05) is 38.8 Å². The Balaban J connectivity index is 1.56. The van der Waals surface area contributed by atoms with Crippen LogP contribution in [-0.4, -0.2) is 57.9 Å². The molecule has 0 atom stereocenters. The molecule has 1 aliphatic heterocycles. The third-order valence-electron chi connectivity index (χ3n) is 4.17. The fraction of sp³-hybridized carbons (Fsp3) is 0.562. The van der Waals surface area contributed by atoms with Gasteiger partial charge in [0.2, 0.25) is 0 Å². The second-order valence-corrected chi connectivity index (χ2v) is 5.75. The summed E-state index contributed by atoms with van der Waals surface area (Å²) in [5.74, 6) is 1.86. The van der Waals surface area contributed by atoms with Gasteiger partial charge in [-0.1, -0.05) is 6.92 Å². The van der Waals surface area contributed by atoms with Crippen molar-refractivity contribution >= 4 is 5.69 Å². The van der Waals surface area contributed by atoms with E-state index in [4.69, 9.17) is 4.74 Å². The Morgan fingerprint density at radius 1 is 1.17 bits per heavy atom. The van der Waals surface area contributed by atoms with Crippen LogP contribution in [0.2, 0.25) is 0 Å². The molecule has 2 aromatic heterocycles. The van der Waals surface area contributed by atoms with Gasteiger partial charge in [0.1, 0.15) is 17.9 Å². The molecule has 2 aromatic rings. The molecule has 0 unspecified atom stereocenters. The summed E-state index contributed by atoms with van der Waals surface area (Å²) >= 11 is 0. The lowest BCUT2D eigenvalue weighted by molar-refractivity contribution is 0.239. The summed E-state index contributed by atoms with van der Waals surface area (Å²) in [6.45, 7) is 7.95. The Morgan fingerprint density at radius 2 is 2.00 bits per heavy atom. The van der Waals surface area contributed by atoms with Crippen LogP contribution in [0.5, 0.6) is 5.75 Å². The van der Waals surface area contributed by atoms with Gasteiger partial charge in [0.25, 0.3) is 0 Å². The van der Waals surface area contributed by atoms with Crippen LogP contribution in [0.25, 0.3) is 0 Å². The summed E-state index contributed by atoms with van der Waals surface area (Å²) in [5, 5.41) is 4.30. The number of ether oxygens (including phenoxy) is 1. The number of anilines is 1. The average Bonchev–Trinajstić information content (AvgIpc) is 3.03. The quantitative estimate of drug-likeness (QED) is 0.803. The van der Waals surface area contributed by atoms with E-state index in [9.17, 15) is 0 Å². The fourth-order valence-corrected chi connectivity index (χ4v) is 2.87. The molecule has 0 amide bonds. The van der Waals surface area contributed by atoms with Crippen LogP contribution < -0.4 is 9.64 Å². The summed E-state index contributed by atoms with van der Waals surface area (Å²) < 4.78 is 7.27. The standard InChI is InChI=1S/C16H24N6O/c1-3-4-22-16(18-13-19-22)12-20-5-7-21(8-6-20)14-9-15(23-2)11-17-10-14/h9-11,13H,3-8,12H2,1-2H3. The zero-order valence-electron chi connectivity index (χ0n) is 13.9. The van der Waals surface area contributed by atoms with E-state index in [0.29, 0.717) is 0 Å². The second-order valence-electron chi connectivity index (χ2n) is 5.75. The van der Waals surface area contributed by atoms with E-state index in [1.807, 2.05) is 16.9 Å². The van der Waals surface area contributed by atoms with Crippen molar-refractivity contribution in [3.05, 3.63) is 30.6 Å². The number of pyridine rings is 1. The smallest absolute Gasteiger partial charge is 0.141 e. The highest BCUT2D eigenvalue weighted by Gasteiger charge is 2.19. The van der Waals surface area contributed by atoms with E-state index in [2.05, 4.69) is 31.8 Å². The Bertz CT molecular complexity index is 621. The summed E-state index contributed by atoms with van der Waals surface area (Å²) in [6.07, 6.45) is 6.37. The van der Waals surface area contributed by atoms with E-state index in [1.165, 1.54) is 0 Å². The minimum Gasteiger partial charge on any atom is -0.495 e. The van der Waals surface area contributed by atoms with Crippen LogP contribution >= 0.6 is 0 Å². The van der Waals surface area contributed by atoms with Crippen molar-refractivity contribution < 1.29 is 4.74 Å². The largest absolute Gasteiger partial charge is 0.495 e. The van der Waals surface area contributed by atoms with Crippen molar-refractivity contribution in [2.24, 2.45) is 0 Å². The van der Waals surface area contributed by atoms with Gasteiger partial charge in [0.15, 0.2) is 0 Å². The number of hydrogen-bond donors (Lipinski definition) is 0. The lowest BCUT2D eigenvalue weighted by Crippen LogP contribution is -2.46. The van der Waals surface area contributed by atoms with E-state index in [1.54, 1.807) is 19.6 Å². The number of aromatic nitrogens is 4. The highest BCUT2D eigenvalue weighted by molar-refractivity contribution is 5.48. The van der Waals surface area contributed by atoms with Gasteiger partial charge >= 0.3 is 0 Å². The van der Waals surface area contributed by atoms with Crippen LogP contribution in [0.15, 0.2) is 24.8 Å². The van der Waals surface area contributed by atoms with Crippen molar-refractivity contribution in [2.75, 3.05) is 38.2 Å². The molecule has 23 heavy (non-hydrogen) atoms. The predicted molar refractivity (Wildman–Crippen MR) is 88.6 cm³/mol. The molecule has 0 bridgehead atoms. The highest BCUT2D eigenvalue weighted by Crippen LogP contribution is 2.20. The summed E-state index contributed by atoms with van der Waals surface area (Å²) in [6, 6.07) is 2.04. The van der Waals surface area contributed by atoms with E-state index < -0.39 is 0 Å². The van der Waals surface area contributed by atoms with Gasteiger partial charge in [-0.3, -0.25) is 9.88 Å². The highest BCUT2D eigenvalue weighted by atomic mass is 16.5. The average molecular weight is 316 g/mol. The molecule has 0 saturated carbocycles. The van der Waals surface area contributed by atoms with E-state index in [0.717, 1.165) is 63.0 Å². The van der Waals surface area contributed by atoms with Crippen LogP contribution in [0.3, 0.4) is 0 Å². The van der Waals surface area contributed by atoms with Crippen LogP contribution in [0.1, 0.15) is 19.2 Å². The third-order valence-corrected chi connectivity index (χ3v) is 4.17. The molecule has 3 heterocycles. The Hall–Kier alpha value is -2.15. The number of nitrogens with zero attached hydrogens (tertiary/aromatic N) is 6.